The van der Waals surface area contributed by atoms with Crippen molar-refractivity contribution in [3.8, 4) is 6.07 Å². The normalized spacial score (nSPS) is 36.7. The summed E-state index contributed by atoms with van der Waals surface area (Å²) >= 11 is 0. The molecule has 3 aliphatic carbocycles. The maximum atomic E-state index is 14.0. The van der Waals surface area contributed by atoms with Gasteiger partial charge in [0.25, 0.3) is 0 Å². The molecule has 0 spiro atoms. The minimum absolute atomic E-state index is 0.247. The van der Waals surface area contributed by atoms with E-state index in [4.69, 9.17) is 5.26 Å². The lowest BCUT2D eigenvalue weighted by Crippen LogP contribution is -2.41. The van der Waals surface area contributed by atoms with Gasteiger partial charge in [0, 0.05) is 0 Å². The van der Waals surface area contributed by atoms with Gasteiger partial charge in [-0.2, -0.15) is 5.26 Å². The summed E-state index contributed by atoms with van der Waals surface area (Å²) in [7, 11) is 0. The Morgan fingerprint density at radius 2 is 1.54 bits per heavy atom. The van der Waals surface area contributed by atoms with Crippen LogP contribution < -0.4 is 0 Å². The summed E-state index contributed by atoms with van der Waals surface area (Å²) in [5.41, 5.74) is 0.310. The summed E-state index contributed by atoms with van der Waals surface area (Å²) in [6, 6.07) is 4.44. The highest BCUT2D eigenvalue weighted by molar-refractivity contribution is 5.36. The first-order chi connectivity index (χ1) is 12.6. The molecule has 0 radical (unpaired) electrons. The lowest BCUT2D eigenvalue weighted by molar-refractivity contribution is 0.00616. The van der Waals surface area contributed by atoms with Crippen LogP contribution >= 0.6 is 0 Å². The molecule has 0 aromatic heterocycles. The summed E-state index contributed by atoms with van der Waals surface area (Å²) in [5, 5.41) is 8.87. The number of nitriles is 1. The molecule has 0 saturated heterocycles. The van der Waals surface area contributed by atoms with Gasteiger partial charge in [-0.25, -0.2) is 8.78 Å². The topological polar surface area (TPSA) is 23.8 Å². The molecule has 6 atom stereocenters. The number of rotatable bonds is 2. The summed E-state index contributed by atoms with van der Waals surface area (Å²) in [6.45, 7) is 2.33. The zero-order chi connectivity index (χ0) is 18.3. The maximum Gasteiger partial charge on any atom is 0.144 e. The average molecular weight is 357 g/mol. The fourth-order valence-electron chi connectivity index (χ4n) is 6.50. The van der Waals surface area contributed by atoms with Gasteiger partial charge in [-0.15, -0.1) is 0 Å². The zero-order valence-electron chi connectivity index (χ0n) is 15.7. The van der Waals surface area contributed by atoms with Crippen molar-refractivity contribution in [2.75, 3.05) is 0 Å². The van der Waals surface area contributed by atoms with Crippen molar-refractivity contribution in [2.45, 2.75) is 70.6 Å². The van der Waals surface area contributed by atoms with Crippen LogP contribution in [0.5, 0.6) is 0 Å². The van der Waals surface area contributed by atoms with E-state index in [9.17, 15) is 8.78 Å². The molecule has 26 heavy (non-hydrogen) atoms. The predicted molar refractivity (Wildman–Crippen MR) is 98.5 cm³/mol. The third-order valence-corrected chi connectivity index (χ3v) is 7.87. The molecule has 0 amide bonds. The first-order valence-corrected chi connectivity index (χ1v) is 10.5. The molecule has 1 nitrogen and oxygen atoms in total. The van der Waals surface area contributed by atoms with Crippen molar-refractivity contribution in [1.29, 1.82) is 5.26 Å². The molecule has 0 aliphatic heterocycles. The average Bonchev–Trinajstić information content (AvgIpc) is 2.66. The third kappa shape index (κ3) is 3.17. The summed E-state index contributed by atoms with van der Waals surface area (Å²) in [5.74, 6) is 3.15. The SMILES string of the molecule is CC[C@@H]1CC[C@H]2[C@@H](CC[C@@H]3CC(c4cc(F)c(C#N)c(F)c4)CC[C@H]32)C1. The number of halogens is 2. The summed E-state index contributed by atoms with van der Waals surface area (Å²) in [4.78, 5) is 0. The highest BCUT2D eigenvalue weighted by Gasteiger charge is 2.44. The van der Waals surface area contributed by atoms with Crippen LogP contribution in [0.3, 0.4) is 0 Å². The van der Waals surface area contributed by atoms with E-state index in [-0.39, 0.29) is 5.92 Å². The molecule has 0 heterocycles. The second kappa shape index (κ2) is 7.29. The van der Waals surface area contributed by atoms with Crippen LogP contribution in [-0.4, -0.2) is 0 Å². The van der Waals surface area contributed by atoms with Crippen LogP contribution in [0.2, 0.25) is 0 Å². The smallest absolute Gasteiger partial charge is 0.144 e. The fraction of sp³-hybridized carbons (Fsp3) is 0.696. The molecule has 3 aliphatic rings. The van der Waals surface area contributed by atoms with Gasteiger partial charge in [0.15, 0.2) is 0 Å². The Balaban J connectivity index is 1.47. The third-order valence-electron chi connectivity index (χ3n) is 7.87. The zero-order valence-corrected chi connectivity index (χ0v) is 15.7. The van der Waals surface area contributed by atoms with Crippen molar-refractivity contribution in [3.63, 3.8) is 0 Å². The van der Waals surface area contributed by atoms with Crippen LogP contribution in [0.25, 0.3) is 0 Å². The van der Waals surface area contributed by atoms with Gasteiger partial charge in [0.1, 0.15) is 23.3 Å². The quantitative estimate of drug-likeness (QED) is 0.587. The van der Waals surface area contributed by atoms with Gasteiger partial charge < -0.3 is 0 Å². The van der Waals surface area contributed by atoms with E-state index in [1.165, 1.54) is 57.1 Å². The Labute approximate surface area is 155 Å². The van der Waals surface area contributed by atoms with Crippen molar-refractivity contribution in [1.82, 2.24) is 0 Å². The number of hydrogen-bond acceptors (Lipinski definition) is 1. The number of fused-ring (bicyclic) bond motifs is 3. The van der Waals surface area contributed by atoms with Crippen molar-refractivity contribution in [2.24, 2.45) is 29.6 Å². The minimum Gasteiger partial charge on any atom is -0.205 e. The first-order valence-electron chi connectivity index (χ1n) is 10.5. The van der Waals surface area contributed by atoms with Crippen LogP contribution in [0, 0.1) is 52.6 Å². The molecule has 3 heteroatoms. The Morgan fingerprint density at radius 3 is 2.15 bits per heavy atom. The Bertz CT molecular complexity index is 684. The lowest BCUT2D eigenvalue weighted by Gasteiger charge is -2.51. The predicted octanol–water partition coefficient (Wildman–Crippen LogP) is 6.57. The molecule has 1 unspecified atom stereocenters. The molecular formula is C23H29F2N. The highest BCUT2D eigenvalue weighted by atomic mass is 19.1. The van der Waals surface area contributed by atoms with E-state index in [1.54, 1.807) is 6.07 Å². The maximum absolute atomic E-state index is 14.0. The Kier molecular flexibility index (Phi) is 5.04. The van der Waals surface area contributed by atoms with Gasteiger partial charge in [-0.1, -0.05) is 19.8 Å². The van der Waals surface area contributed by atoms with Crippen molar-refractivity contribution < 1.29 is 8.78 Å². The van der Waals surface area contributed by atoms with Gasteiger partial charge in [0.2, 0.25) is 0 Å². The standard InChI is InChI=1S/C23H29F2N/c1-2-14-3-7-19-16(9-14)4-5-17-10-15(6-8-20(17)19)18-11-22(24)21(13-26)23(25)12-18/h11-12,14-17,19-20H,2-10H2,1H3/t14-,15?,16+,17-,19+,20-/m1/s1. The van der Waals surface area contributed by atoms with Crippen LogP contribution in [0.4, 0.5) is 8.78 Å². The molecular weight excluding hydrogens is 328 g/mol. The number of nitrogens with zero attached hydrogens (tertiary/aromatic N) is 1. The van der Waals surface area contributed by atoms with E-state index in [2.05, 4.69) is 6.92 Å². The highest BCUT2D eigenvalue weighted by Crippen LogP contribution is 2.55. The van der Waals surface area contributed by atoms with Gasteiger partial charge >= 0.3 is 0 Å². The second-order valence-corrected chi connectivity index (χ2v) is 8.99. The second-order valence-electron chi connectivity index (χ2n) is 8.99. The van der Waals surface area contributed by atoms with Crippen LogP contribution in [0.1, 0.15) is 81.8 Å². The lowest BCUT2D eigenvalue weighted by atomic mass is 9.55. The Morgan fingerprint density at radius 1 is 0.923 bits per heavy atom. The van der Waals surface area contributed by atoms with E-state index in [1.807, 2.05) is 0 Å². The molecule has 140 valence electrons. The molecule has 1 aromatic rings. The van der Waals surface area contributed by atoms with Gasteiger partial charge in [0.05, 0.1) is 0 Å². The molecule has 1 aromatic carbocycles. The van der Waals surface area contributed by atoms with Gasteiger partial charge in [-0.05, 0) is 98.1 Å². The van der Waals surface area contributed by atoms with E-state index < -0.39 is 17.2 Å². The fourth-order valence-corrected chi connectivity index (χ4v) is 6.50. The molecule has 3 saturated carbocycles. The van der Waals surface area contributed by atoms with Crippen molar-refractivity contribution in [3.05, 3.63) is 34.9 Å². The molecule has 4 rings (SSSR count). The Hall–Kier alpha value is -1.43. The van der Waals surface area contributed by atoms with Crippen molar-refractivity contribution >= 4 is 0 Å². The minimum atomic E-state index is -0.703. The first kappa shape index (κ1) is 18.0. The van der Waals surface area contributed by atoms with E-state index in [0.717, 1.165) is 48.0 Å². The summed E-state index contributed by atoms with van der Waals surface area (Å²) < 4.78 is 28.1. The van der Waals surface area contributed by atoms with Crippen LogP contribution in [-0.2, 0) is 0 Å². The largest absolute Gasteiger partial charge is 0.205 e. The molecule has 0 bridgehead atoms. The monoisotopic (exact) mass is 357 g/mol. The van der Waals surface area contributed by atoms with Gasteiger partial charge in [-0.3, -0.25) is 0 Å². The van der Waals surface area contributed by atoms with Crippen LogP contribution in [0.15, 0.2) is 12.1 Å². The summed E-state index contributed by atoms with van der Waals surface area (Å²) in [6.07, 6.45) is 11.5. The molecule has 3 fully saturated rings. The number of benzene rings is 1. The molecule has 0 N–H and O–H groups in total. The van der Waals surface area contributed by atoms with E-state index >= 15 is 0 Å². The number of hydrogen-bond donors (Lipinski definition) is 0. The van der Waals surface area contributed by atoms with E-state index in [0.29, 0.717) is 0 Å².